The Morgan fingerprint density at radius 3 is 2.05 bits per heavy atom. The van der Waals surface area contributed by atoms with Crippen molar-refractivity contribution in [2.24, 2.45) is 11.8 Å². The van der Waals surface area contributed by atoms with Crippen LogP contribution in [0.4, 0.5) is 0 Å². The van der Waals surface area contributed by atoms with Crippen LogP contribution in [-0.2, 0) is 0 Å². The quantitative estimate of drug-likeness (QED) is 0.721. The second-order valence-corrected chi connectivity index (χ2v) is 7.99. The van der Waals surface area contributed by atoms with Crippen LogP contribution in [0, 0.1) is 11.8 Å². The van der Waals surface area contributed by atoms with E-state index >= 15 is 0 Å². The molecule has 2 heteroatoms. The number of hydrogen-bond donors (Lipinski definition) is 1. The van der Waals surface area contributed by atoms with Crippen molar-refractivity contribution in [3.05, 3.63) is 0 Å². The van der Waals surface area contributed by atoms with Crippen LogP contribution in [0.25, 0.3) is 0 Å². The zero-order valence-electron chi connectivity index (χ0n) is 14.2. The first kappa shape index (κ1) is 16.3. The minimum absolute atomic E-state index is 0.756. The van der Waals surface area contributed by atoms with Gasteiger partial charge in [-0.2, -0.15) is 0 Å². The Morgan fingerprint density at radius 2 is 1.60 bits per heavy atom. The Bertz CT molecular complexity index is 255. The monoisotopic (exact) mass is 280 g/mol. The third-order valence-electron chi connectivity index (χ3n) is 4.82. The topological polar surface area (TPSA) is 15.3 Å². The zero-order valence-corrected chi connectivity index (χ0v) is 14.2. The van der Waals surface area contributed by atoms with E-state index in [0.29, 0.717) is 0 Å². The predicted octanol–water partition coefficient (Wildman–Crippen LogP) is 4.05. The maximum atomic E-state index is 3.75. The standard InChI is InChI=1S/C18H36N2/c1-14(2)11-18(12-15(3)4)20(17-8-9-17)13-16-7-5-6-10-19-16/h14-19H,5-13H2,1-4H3. The maximum Gasteiger partial charge on any atom is 0.0195 e. The highest BCUT2D eigenvalue weighted by Crippen LogP contribution is 2.33. The smallest absolute Gasteiger partial charge is 0.0195 e. The molecule has 0 aromatic rings. The fourth-order valence-electron chi connectivity index (χ4n) is 3.79. The molecule has 1 heterocycles. The molecular formula is C18H36N2. The average Bonchev–Trinajstić information content (AvgIpc) is 3.19. The summed E-state index contributed by atoms with van der Waals surface area (Å²) in [6, 6.07) is 2.47. The summed E-state index contributed by atoms with van der Waals surface area (Å²) in [5.41, 5.74) is 0. The molecule has 0 radical (unpaired) electrons. The summed E-state index contributed by atoms with van der Waals surface area (Å²) in [6.07, 6.45) is 9.83. The molecule has 1 aliphatic heterocycles. The molecule has 1 atom stereocenters. The third-order valence-corrected chi connectivity index (χ3v) is 4.82. The van der Waals surface area contributed by atoms with Gasteiger partial charge in [-0.15, -0.1) is 0 Å². The predicted molar refractivity (Wildman–Crippen MR) is 88.1 cm³/mol. The molecule has 0 amide bonds. The number of hydrogen-bond acceptors (Lipinski definition) is 2. The molecule has 1 saturated heterocycles. The van der Waals surface area contributed by atoms with Gasteiger partial charge in [-0.3, -0.25) is 4.90 Å². The number of piperidine rings is 1. The molecule has 118 valence electrons. The highest BCUT2D eigenvalue weighted by molar-refractivity contribution is 4.92. The highest BCUT2D eigenvalue weighted by atomic mass is 15.2. The number of nitrogens with one attached hydrogen (secondary N) is 1. The van der Waals surface area contributed by atoms with Gasteiger partial charge in [0.25, 0.3) is 0 Å². The Morgan fingerprint density at radius 1 is 0.950 bits per heavy atom. The van der Waals surface area contributed by atoms with Crippen molar-refractivity contribution in [3.63, 3.8) is 0 Å². The zero-order chi connectivity index (χ0) is 14.5. The van der Waals surface area contributed by atoms with Gasteiger partial charge in [0.1, 0.15) is 0 Å². The van der Waals surface area contributed by atoms with Crippen LogP contribution in [0.5, 0.6) is 0 Å². The lowest BCUT2D eigenvalue weighted by Crippen LogP contribution is -2.48. The summed E-state index contributed by atoms with van der Waals surface area (Å²) in [7, 11) is 0. The molecule has 2 fully saturated rings. The molecule has 0 bridgehead atoms. The fourth-order valence-corrected chi connectivity index (χ4v) is 3.79. The first-order valence-corrected chi connectivity index (χ1v) is 9.05. The maximum absolute atomic E-state index is 3.75. The molecule has 0 aromatic carbocycles. The Hall–Kier alpha value is -0.0800. The summed E-state index contributed by atoms with van der Waals surface area (Å²) < 4.78 is 0. The van der Waals surface area contributed by atoms with Crippen molar-refractivity contribution in [2.45, 2.75) is 90.8 Å². The van der Waals surface area contributed by atoms with Crippen molar-refractivity contribution in [3.8, 4) is 0 Å². The molecular weight excluding hydrogens is 244 g/mol. The molecule has 2 aliphatic rings. The summed E-state index contributed by atoms with van der Waals surface area (Å²) >= 11 is 0. The lowest BCUT2D eigenvalue weighted by Gasteiger charge is -2.38. The van der Waals surface area contributed by atoms with Crippen LogP contribution in [0.2, 0.25) is 0 Å². The van der Waals surface area contributed by atoms with Gasteiger partial charge >= 0.3 is 0 Å². The molecule has 2 nitrogen and oxygen atoms in total. The van der Waals surface area contributed by atoms with E-state index in [9.17, 15) is 0 Å². The summed E-state index contributed by atoms with van der Waals surface area (Å²) in [5.74, 6) is 1.64. The first-order chi connectivity index (χ1) is 9.56. The number of rotatable bonds is 8. The van der Waals surface area contributed by atoms with Gasteiger partial charge in [-0.05, 0) is 56.9 Å². The van der Waals surface area contributed by atoms with Crippen molar-refractivity contribution < 1.29 is 0 Å². The second kappa shape index (κ2) is 7.79. The van der Waals surface area contributed by atoms with E-state index in [1.54, 1.807) is 0 Å². The van der Waals surface area contributed by atoms with Gasteiger partial charge in [0.15, 0.2) is 0 Å². The second-order valence-electron chi connectivity index (χ2n) is 7.99. The van der Waals surface area contributed by atoms with Crippen LogP contribution < -0.4 is 5.32 Å². The van der Waals surface area contributed by atoms with Gasteiger partial charge in [-0.25, -0.2) is 0 Å². The normalized spacial score (nSPS) is 24.3. The molecule has 1 N–H and O–H groups in total. The molecule has 2 rings (SSSR count). The summed E-state index contributed by atoms with van der Waals surface area (Å²) in [6.45, 7) is 12.1. The van der Waals surface area contributed by atoms with Crippen molar-refractivity contribution >= 4 is 0 Å². The van der Waals surface area contributed by atoms with Crippen molar-refractivity contribution in [1.29, 1.82) is 0 Å². The van der Waals surface area contributed by atoms with Gasteiger partial charge in [0, 0.05) is 24.7 Å². The average molecular weight is 280 g/mol. The summed E-state index contributed by atoms with van der Waals surface area (Å²) in [4.78, 5) is 2.89. The minimum Gasteiger partial charge on any atom is -0.313 e. The van der Waals surface area contributed by atoms with Crippen LogP contribution in [-0.4, -0.2) is 36.1 Å². The van der Waals surface area contributed by atoms with E-state index in [2.05, 4.69) is 37.9 Å². The van der Waals surface area contributed by atoms with E-state index in [-0.39, 0.29) is 0 Å². The summed E-state index contributed by atoms with van der Waals surface area (Å²) in [5, 5.41) is 3.75. The van der Waals surface area contributed by atoms with Crippen LogP contribution >= 0.6 is 0 Å². The lowest BCUT2D eigenvalue weighted by molar-refractivity contribution is 0.122. The highest BCUT2D eigenvalue weighted by Gasteiger charge is 2.35. The first-order valence-electron chi connectivity index (χ1n) is 9.05. The third kappa shape index (κ3) is 5.37. The van der Waals surface area contributed by atoms with E-state index < -0.39 is 0 Å². The Balaban J connectivity index is 1.95. The van der Waals surface area contributed by atoms with Gasteiger partial charge in [0.05, 0.1) is 0 Å². The largest absolute Gasteiger partial charge is 0.313 e. The lowest BCUT2D eigenvalue weighted by atomic mass is 9.93. The molecule has 20 heavy (non-hydrogen) atoms. The fraction of sp³-hybridized carbons (Fsp3) is 1.00. The molecule has 1 unspecified atom stereocenters. The van der Waals surface area contributed by atoms with Crippen molar-refractivity contribution in [2.75, 3.05) is 13.1 Å². The van der Waals surface area contributed by atoms with E-state index in [1.165, 1.54) is 58.0 Å². The molecule has 1 saturated carbocycles. The van der Waals surface area contributed by atoms with Gasteiger partial charge < -0.3 is 5.32 Å². The molecule has 0 spiro atoms. The van der Waals surface area contributed by atoms with E-state index in [0.717, 1.165) is 30.0 Å². The molecule has 1 aliphatic carbocycles. The number of nitrogens with zero attached hydrogens (tertiary/aromatic N) is 1. The van der Waals surface area contributed by atoms with Crippen molar-refractivity contribution in [1.82, 2.24) is 10.2 Å². The molecule has 0 aromatic heterocycles. The van der Waals surface area contributed by atoms with E-state index in [1.807, 2.05) is 0 Å². The van der Waals surface area contributed by atoms with Gasteiger partial charge in [0.2, 0.25) is 0 Å². The van der Waals surface area contributed by atoms with Gasteiger partial charge in [-0.1, -0.05) is 34.1 Å². The SMILES string of the molecule is CC(C)CC(CC(C)C)N(CC1CCCCN1)C1CC1. The van der Waals surface area contributed by atoms with Crippen LogP contribution in [0.15, 0.2) is 0 Å². The van der Waals surface area contributed by atoms with Crippen LogP contribution in [0.1, 0.15) is 72.6 Å². The van der Waals surface area contributed by atoms with E-state index in [4.69, 9.17) is 0 Å². The van der Waals surface area contributed by atoms with Crippen LogP contribution in [0.3, 0.4) is 0 Å². The minimum atomic E-state index is 0.756. The Kier molecular flexibility index (Phi) is 6.35. The Labute approximate surface area is 126 Å².